The average Bonchev–Trinajstić information content (AvgIpc) is 2.82. The number of rotatable bonds is 1. The van der Waals surface area contributed by atoms with Gasteiger partial charge in [-0.15, -0.1) is 11.3 Å². The first-order chi connectivity index (χ1) is 9.47. The number of H-pyrrole nitrogens is 1. The second kappa shape index (κ2) is 4.34. The molecular weight excluding hydrogens is 288 g/mol. The van der Waals surface area contributed by atoms with Crippen LogP contribution in [0.15, 0.2) is 27.1 Å². The van der Waals surface area contributed by atoms with Crippen molar-refractivity contribution in [1.29, 1.82) is 0 Å². The van der Waals surface area contributed by atoms with E-state index in [-0.39, 0.29) is 15.9 Å². The molecule has 102 valence electrons. The summed E-state index contributed by atoms with van der Waals surface area (Å²) in [6.45, 7) is 1.74. The fraction of sp³-hybridized carbons (Fsp3) is 0.0833. The van der Waals surface area contributed by atoms with Gasteiger partial charge in [0.2, 0.25) is 5.13 Å². The molecule has 0 atom stereocenters. The summed E-state index contributed by atoms with van der Waals surface area (Å²) in [5.74, 6) is -2.35. The van der Waals surface area contributed by atoms with Crippen molar-refractivity contribution in [2.75, 3.05) is 0 Å². The quantitative estimate of drug-likeness (QED) is 0.743. The number of benzene rings is 1. The van der Waals surface area contributed by atoms with Crippen molar-refractivity contribution < 1.29 is 8.78 Å². The molecule has 0 aliphatic rings. The van der Waals surface area contributed by atoms with Gasteiger partial charge in [0.05, 0.1) is 16.5 Å². The van der Waals surface area contributed by atoms with Crippen LogP contribution in [-0.2, 0) is 0 Å². The van der Waals surface area contributed by atoms with Gasteiger partial charge in [-0.05, 0) is 19.1 Å². The summed E-state index contributed by atoms with van der Waals surface area (Å²) in [6.07, 6.45) is 0. The molecule has 0 aliphatic heterocycles. The first kappa shape index (κ1) is 12.7. The Morgan fingerprint density at radius 2 is 1.85 bits per heavy atom. The van der Waals surface area contributed by atoms with Crippen LogP contribution in [0.4, 0.5) is 8.78 Å². The van der Waals surface area contributed by atoms with Crippen molar-refractivity contribution in [2.24, 2.45) is 0 Å². The molecule has 0 unspecified atom stereocenters. The zero-order valence-electron chi connectivity index (χ0n) is 10.1. The lowest BCUT2D eigenvalue weighted by Gasteiger charge is -2.04. The number of nitrogens with one attached hydrogen (secondary N) is 1. The number of hydrogen-bond donors (Lipinski definition) is 1. The number of fused-ring (bicyclic) bond motifs is 1. The predicted octanol–water partition coefficient (Wildman–Crippen LogP) is 1.72. The van der Waals surface area contributed by atoms with E-state index in [1.807, 2.05) is 0 Å². The number of nitrogens with zero attached hydrogens (tertiary/aromatic N) is 2. The van der Waals surface area contributed by atoms with Crippen molar-refractivity contribution in [3.8, 4) is 5.13 Å². The van der Waals surface area contributed by atoms with E-state index >= 15 is 0 Å². The molecular formula is C12H7F2N3O2S. The molecule has 8 heteroatoms. The number of hydrogen-bond acceptors (Lipinski definition) is 4. The van der Waals surface area contributed by atoms with E-state index in [1.165, 1.54) is 0 Å². The van der Waals surface area contributed by atoms with Gasteiger partial charge < -0.3 is 0 Å². The third kappa shape index (κ3) is 1.85. The van der Waals surface area contributed by atoms with Gasteiger partial charge in [-0.1, -0.05) is 0 Å². The molecule has 1 aromatic carbocycles. The zero-order valence-corrected chi connectivity index (χ0v) is 10.9. The Hall–Kier alpha value is -2.35. The highest BCUT2D eigenvalue weighted by Crippen LogP contribution is 2.14. The van der Waals surface area contributed by atoms with Gasteiger partial charge in [-0.3, -0.25) is 14.7 Å². The monoisotopic (exact) mass is 295 g/mol. The second-order valence-corrected chi connectivity index (χ2v) is 5.00. The highest BCUT2D eigenvalue weighted by Gasteiger charge is 2.14. The van der Waals surface area contributed by atoms with Gasteiger partial charge in [0.1, 0.15) is 0 Å². The fourth-order valence-corrected chi connectivity index (χ4v) is 2.58. The summed E-state index contributed by atoms with van der Waals surface area (Å²) in [5.41, 5.74) is -0.665. The maximum Gasteiger partial charge on any atom is 0.280 e. The van der Waals surface area contributed by atoms with Crippen LogP contribution in [0.1, 0.15) is 5.69 Å². The highest BCUT2D eigenvalue weighted by molar-refractivity contribution is 7.12. The van der Waals surface area contributed by atoms with Crippen LogP contribution in [0.2, 0.25) is 0 Å². The molecule has 0 bridgehead atoms. The maximum atomic E-state index is 13.3. The molecule has 5 nitrogen and oxygen atoms in total. The van der Waals surface area contributed by atoms with Crippen LogP contribution in [0.5, 0.6) is 0 Å². The number of halogens is 2. The molecule has 0 saturated carbocycles. The Kier molecular flexibility index (Phi) is 2.75. The first-order valence-electron chi connectivity index (χ1n) is 5.54. The predicted molar refractivity (Wildman–Crippen MR) is 70.5 cm³/mol. The molecule has 20 heavy (non-hydrogen) atoms. The fourth-order valence-electron chi connectivity index (χ4n) is 1.82. The number of aryl methyl sites for hydroxylation is 1. The van der Waals surface area contributed by atoms with E-state index in [0.717, 1.165) is 22.1 Å². The van der Waals surface area contributed by atoms with E-state index in [0.29, 0.717) is 11.8 Å². The summed E-state index contributed by atoms with van der Waals surface area (Å²) in [6, 6.07) is 1.43. The van der Waals surface area contributed by atoms with Crippen LogP contribution < -0.4 is 11.1 Å². The van der Waals surface area contributed by atoms with Crippen molar-refractivity contribution >= 4 is 22.1 Å². The SMILES string of the molecule is Cc1csc(-n2[nH]c(=O)c3cc(F)c(F)cc3c2=O)n1. The summed E-state index contributed by atoms with van der Waals surface area (Å²) < 4.78 is 27.3. The molecule has 0 fully saturated rings. The number of thiazole rings is 1. The van der Waals surface area contributed by atoms with Crippen LogP contribution in [-0.4, -0.2) is 14.8 Å². The number of aromatic amines is 1. The third-order valence-corrected chi connectivity index (χ3v) is 3.69. The van der Waals surface area contributed by atoms with Gasteiger partial charge in [0.25, 0.3) is 11.1 Å². The van der Waals surface area contributed by atoms with Crippen molar-refractivity contribution in [3.05, 3.63) is 55.5 Å². The van der Waals surface area contributed by atoms with Gasteiger partial charge in [0.15, 0.2) is 11.6 Å². The van der Waals surface area contributed by atoms with Gasteiger partial charge in [0, 0.05) is 5.38 Å². The zero-order chi connectivity index (χ0) is 14.4. The Labute approximate surface area is 114 Å². The Morgan fingerprint density at radius 1 is 1.20 bits per heavy atom. The van der Waals surface area contributed by atoms with Crippen LogP contribution in [0, 0.1) is 18.6 Å². The van der Waals surface area contributed by atoms with Crippen molar-refractivity contribution in [3.63, 3.8) is 0 Å². The molecule has 2 heterocycles. The molecule has 0 spiro atoms. The summed E-state index contributed by atoms with van der Waals surface area (Å²) >= 11 is 1.16. The Balaban J connectivity index is 2.43. The second-order valence-electron chi connectivity index (χ2n) is 4.16. The molecule has 0 aliphatic carbocycles. The number of aromatic nitrogens is 3. The molecule has 0 radical (unpaired) electrons. The first-order valence-corrected chi connectivity index (χ1v) is 6.42. The van der Waals surface area contributed by atoms with Crippen molar-refractivity contribution in [2.45, 2.75) is 6.92 Å². The minimum absolute atomic E-state index is 0.194. The van der Waals surface area contributed by atoms with Crippen LogP contribution >= 0.6 is 11.3 Å². The van der Waals surface area contributed by atoms with Crippen LogP contribution in [0.3, 0.4) is 0 Å². The van der Waals surface area contributed by atoms with Crippen molar-refractivity contribution in [1.82, 2.24) is 14.8 Å². The third-order valence-electron chi connectivity index (χ3n) is 2.75. The maximum absolute atomic E-state index is 13.3. The average molecular weight is 295 g/mol. The summed E-state index contributed by atoms with van der Waals surface area (Å²) in [7, 11) is 0. The Bertz CT molecular complexity index is 942. The van der Waals surface area contributed by atoms with E-state index in [9.17, 15) is 18.4 Å². The van der Waals surface area contributed by atoms with Gasteiger partial charge >= 0.3 is 0 Å². The topological polar surface area (TPSA) is 67.8 Å². The molecule has 3 rings (SSSR count). The van der Waals surface area contributed by atoms with Crippen LogP contribution in [0.25, 0.3) is 15.9 Å². The van der Waals surface area contributed by atoms with E-state index in [2.05, 4.69) is 10.1 Å². The lowest BCUT2D eigenvalue weighted by molar-refractivity contribution is 0.510. The summed E-state index contributed by atoms with van der Waals surface area (Å²) in [4.78, 5) is 28.2. The molecule has 2 aromatic heterocycles. The van der Waals surface area contributed by atoms with E-state index in [4.69, 9.17) is 0 Å². The lowest BCUT2D eigenvalue weighted by Crippen LogP contribution is -2.28. The standard InChI is InChI=1S/C12H7F2N3O2S/c1-5-4-20-12(15-5)17-11(19)7-3-9(14)8(13)2-6(7)10(18)16-17/h2-4H,1H3,(H,16,18). The minimum Gasteiger partial charge on any atom is -0.267 e. The van der Waals surface area contributed by atoms with Gasteiger partial charge in [-0.2, -0.15) is 4.68 Å². The molecule has 1 N–H and O–H groups in total. The van der Waals surface area contributed by atoms with Gasteiger partial charge in [-0.25, -0.2) is 13.8 Å². The minimum atomic E-state index is -1.18. The smallest absolute Gasteiger partial charge is 0.267 e. The molecule has 3 aromatic rings. The molecule has 0 amide bonds. The molecule has 0 saturated heterocycles. The largest absolute Gasteiger partial charge is 0.280 e. The normalized spacial score (nSPS) is 11.2. The van der Waals surface area contributed by atoms with E-state index < -0.39 is 22.8 Å². The lowest BCUT2D eigenvalue weighted by atomic mass is 10.2. The highest BCUT2D eigenvalue weighted by atomic mass is 32.1. The Morgan fingerprint density at radius 3 is 2.45 bits per heavy atom. The summed E-state index contributed by atoms with van der Waals surface area (Å²) in [5, 5.41) is 3.88. The van der Waals surface area contributed by atoms with E-state index in [1.54, 1.807) is 12.3 Å².